The van der Waals surface area contributed by atoms with Crippen molar-refractivity contribution in [2.24, 2.45) is 0 Å². The number of aromatic nitrogens is 3. The normalized spacial score (nSPS) is 14.6. The summed E-state index contributed by atoms with van der Waals surface area (Å²) in [5, 5.41) is 9.51. The van der Waals surface area contributed by atoms with Crippen LogP contribution in [0.2, 0.25) is 0 Å². The van der Waals surface area contributed by atoms with Crippen molar-refractivity contribution in [3.8, 4) is 5.69 Å². The Balaban J connectivity index is 1.55. The van der Waals surface area contributed by atoms with E-state index in [1.165, 1.54) is 0 Å². The number of halogens is 4. The van der Waals surface area contributed by atoms with Crippen molar-refractivity contribution in [1.82, 2.24) is 25.2 Å². The molecule has 0 saturated carbocycles. The zero-order chi connectivity index (χ0) is 22.7. The third-order valence-corrected chi connectivity index (χ3v) is 5.38. The molecule has 1 amide bonds. The molecule has 4 rings (SSSR count). The lowest BCUT2D eigenvalue weighted by molar-refractivity contribution is -0.143. The van der Waals surface area contributed by atoms with Gasteiger partial charge in [0.2, 0.25) is 0 Å². The van der Waals surface area contributed by atoms with Crippen LogP contribution in [0.3, 0.4) is 0 Å². The van der Waals surface area contributed by atoms with Gasteiger partial charge in [0.15, 0.2) is 11.4 Å². The lowest BCUT2D eigenvalue weighted by Crippen LogP contribution is -2.28. The summed E-state index contributed by atoms with van der Waals surface area (Å²) in [7, 11) is 0. The minimum absolute atomic E-state index is 0.0544. The number of nitrogens with zero attached hydrogens (tertiary/aromatic N) is 4. The standard InChI is InChI=1S/C22H21F4N5O/c23-17-7-9-18(10-8-17)31-20(22(24,25)26)19(28-29-31)21(32)27-13-15-5-1-2-6-16(15)14-30-11-3-4-12-30/h1-2,5-10H,3-4,11-14H2,(H,27,32). The van der Waals surface area contributed by atoms with Crippen molar-refractivity contribution >= 4 is 5.91 Å². The molecule has 1 aliphatic heterocycles. The van der Waals surface area contributed by atoms with E-state index in [4.69, 9.17) is 0 Å². The van der Waals surface area contributed by atoms with E-state index < -0.39 is 29.3 Å². The van der Waals surface area contributed by atoms with E-state index in [9.17, 15) is 22.4 Å². The number of carbonyl (C=O) groups excluding carboxylic acids is 1. The fourth-order valence-corrected chi connectivity index (χ4v) is 3.78. The molecule has 0 spiro atoms. The number of benzene rings is 2. The van der Waals surface area contributed by atoms with Gasteiger partial charge in [0, 0.05) is 13.1 Å². The highest BCUT2D eigenvalue weighted by Crippen LogP contribution is 2.32. The fourth-order valence-electron chi connectivity index (χ4n) is 3.78. The molecule has 0 atom stereocenters. The van der Waals surface area contributed by atoms with Crippen LogP contribution in [0, 0.1) is 5.82 Å². The van der Waals surface area contributed by atoms with Crippen LogP contribution in [0.25, 0.3) is 5.69 Å². The third kappa shape index (κ3) is 4.80. The topological polar surface area (TPSA) is 63.1 Å². The molecule has 10 heteroatoms. The second-order valence-corrected chi connectivity index (χ2v) is 7.61. The molecule has 0 unspecified atom stereocenters. The van der Waals surface area contributed by atoms with Crippen LogP contribution in [-0.2, 0) is 19.3 Å². The molecule has 1 N–H and O–H groups in total. The molecule has 32 heavy (non-hydrogen) atoms. The van der Waals surface area contributed by atoms with Crippen LogP contribution in [0.1, 0.15) is 40.2 Å². The van der Waals surface area contributed by atoms with E-state index in [2.05, 4.69) is 20.5 Å². The van der Waals surface area contributed by atoms with Crippen LogP contribution in [0.4, 0.5) is 17.6 Å². The summed E-state index contributed by atoms with van der Waals surface area (Å²) in [6.45, 7) is 2.79. The first kappa shape index (κ1) is 21.9. The zero-order valence-electron chi connectivity index (χ0n) is 17.1. The first-order valence-corrected chi connectivity index (χ1v) is 10.2. The molecular weight excluding hydrogens is 426 g/mol. The summed E-state index contributed by atoms with van der Waals surface area (Å²) < 4.78 is 54.9. The Hall–Kier alpha value is -3.27. The Bertz CT molecular complexity index is 1090. The first-order valence-electron chi connectivity index (χ1n) is 10.2. The Morgan fingerprint density at radius 2 is 1.66 bits per heavy atom. The molecule has 6 nitrogen and oxygen atoms in total. The Morgan fingerprint density at radius 1 is 1.00 bits per heavy atom. The number of alkyl halides is 3. The molecule has 1 saturated heterocycles. The van der Waals surface area contributed by atoms with Crippen LogP contribution in [0.15, 0.2) is 48.5 Å². The smallest absolute Gasteiger partial charge is 0.346 e. The number of carbonyl (C=O) groups is 1. The van der Waals surface area contributed by atoms with Gasteiger partial charge in [-0.25, -0.2) is 9.07 Å². The number of hydrogen-bond donors (Lipinski definition) is 1. The predicted molar refractivity (Wildman–Crippen MR) is 108 cm³/mol. The molecule has 1 fully saturated rings. The van der Waals surface area contributed by atoms with Gasteiger partial charge in [0.25, 0.3) is 5.91 Å². The average molecular weight is 447 g/mol. The van der Waals surface area contributed by atoms with Crippen molar-refractivity contribution in [2.45, 2.75) is 32.1 Å². The van der Waals surface area contributed by atoms with Gasteiger partial charge >= 0.3 is 6.18 Å². The van der Waals surface area contributed by atoms with Crippen LogP contribution < -0.4 is 5.32 Å². The van der Waals surface area contributed by atoms with Crippen molar-refractivity contribution in [3.05, 3.63) is 76.9 Å². The summed E-state index contributed by atoms with van der Waals surface area (Å²) in [6.07, 6.45) is -2.61. The Labute approximate surface area is 181 Å². The number of likely N-dealkylation sites (tertiary alicyclic amines) is 1. The monoisotopic (exact) mass is 447 g/mol. The number of nitrogens with one attached hydrogen (secondary N) is 1. The van der Waals surface area contributed by atoms with Gasteiger partial charge in [-0.15, -0.1) is 5.10 Å². The number of amides is 1. The molecule has 0 radical (unpaired) electrons. The van der Waals surface area contributed by atoms with Gasteiger partial charge in [0.05, 0.1) is 5.69 Å². The van der Waals surface area contributed by atoms with Crippen LogP contribution in [0.5, 0.6) is 0 Å². The quantitative estimate of drug-likeness (QED) is 0.582. The van der Waals surface area contributed by atoms with Crippen LogP contribution >= 0.6 is 0 Å². The summed E-state index contributed by atoms with van der Waals surface area (Å²) in [6, 6.07) is 11.8. The van der Waals surface area contributed by atoms with E-state index >= 15 is 0 Å². The minimum Gasteiger partial charge on any atom is -0.346 e. The van der Waals surface area contributed by atoms with E-state index in [1.54, 1.807) is 0 Å². The lowest BCUT2D eigenvalue weighted by Gasteiger charge is -2.17. The van der Waals surface area contributed by atoms with Gasteiger partial charge in [-0.2, -0.15) is 13.2 Å². The highest BCUT2D eigenvalue weighted by atomic mass is 19.4. The van der Waals surface area contributed by atoms with E-state index in [-0.39, 0.29) is 12.2 Å². The number of rotatable bonds is 6. The lowest BCUT2D eigenvalue weighted by atomic mass is 10.1. The second kappa shape index (κ2) is 9.07. The van der Waals surface area contributed by atoms with E-state index in [1.807, 2.05) is 24.3 Å². The predicted octanol–water partition coefficient (Wildman–Crippen LogP) is 3.95. The Morgan fingerprint density at radius 3 is 2.31 bits per heavy atom. The first-order chi connectivity index (χ1) is 15.3. The maximum absolute atomic E-state index is 13.8. The summed E-state index contributed by atoms with van der Waals surface area (Å²) in [5.74, 6) is -1.59. The fraction of sp³-hybridized carbons (Fsp3) is 0.318. The summed E-state index contributed by atoms with van der Waals surface area (Å²) >= 11 is 0. The van der Waals surface area contributed by atoms with Crippen LogP contribution in [-0.4, -0.2) is 38.9 Å². The van der Waals surface area contributed by atoms with E-state index in [0.717, 1.165) is 67.9 Å². The molecular formula is C22H21F4N5O. The highest BCUT2D eigenvalue weighted by Gasteiger charge is 2.42. The summed E-state index contributed by atoms with van der Waals surface area (Å²) in [5.41, 5.74) is -0.361. The van der Waals surface area contributed by atoms with Gasteiger partial charge in [0.1, 0.15) is 5.82 Å². The average Bonchev–Trinajstić information content (AvgIpc) is 3.43. The summed E-state index contributed by atoms with van der Waals surface area (Å²) in [4.78, 5) is 14.9. The van der Waals surface area contributed by atoms with Gasteiger partial charge < -0.3 is 5.32 Å². The molecule has 0 aliphatic carbocycles. The zero-order valence-corrected chi connectivity index (χ0v) is 17.1. The molecule has 2 aromatic carbocycles. The van der Waals surface area contributed by atoms with Gasteiger partial charge in [-0.3, -0.25) is 9.69 Å². The molecule has 3 aromatic rings. The SMILES string of the molecule is O=C(NCc1ccccc1CN1CCCC1)c1nnn(-c2ccc(F)cc2)c1C(F)(F)F. The van der Waals surface area contributed by atoms with Gasteiger partial charge in [-0.1, -0.05) is 29.5 Å². The highest BCUT2D eigenvalue weighted by molar-refractivity contribution is 5.93. The maximum atomic E-state index is 13.8. The molecule has 1 aromatic heterocycles. The molecule has 0 bridgehead atoms. The van der Waals surface area contributed by atoms with Crippen molar-refractivity contribution in [1.29, 1.82) is 0 Å². The Kier molecular flexibility index (Phi) is 6.22. The maximum Gasteiger partial charge on any atom is 0.435 e. The number of hydrogen-bond acceptors (Lipinski definition) is 4. The van der Waals surface area contributed by atoms with E-state index in [0.29, 0.717) is 4.68 Å². The van der Waals surface area contributed by atoms with Crippen molar-refractivity contribution in [3.63, 3.8) is 0 Å². The minimum atomic E-state index is -4.89. The largest absolute Gasteiger partial charge is 0.435 e. The molecule has 1 aliphatic rings. The van der Waals surface area contributed by atoms with Crippen molar-refractivity contribution < 1.29 is 22.4 Å². The molecule has 168 valence electrons. The van der Waals surface area contributed by atoms with Gasteiger partial charge in [-0.05, 0) is 61.3 Å². The van der Waals surface area contributed by atoms with Crippen molar-refractivity contribution in [2.75, 3.05) is 13.1 Å². The molecule has 2 heterocycles. The third-order valence-electron chi connectivity index (χ3n) is 5.38. The second-order valence-electron chi connectivity index (χ2n) is 7.61.